The quantitative estimate of drug-likeness (QED) is 0.641. The molecule has 3 heterocycles. The van der Waals surface area contributed by atoms with Crippen molar-refractivity contribution in [2.75, 3.05) is 37.7 Å². The van der Waals surface area contributed by atoms with Gasteiger partial charge >= 0.3 is 0 Å². The van der Waals surface area contributed by atoms with Gasteiger partial charge in [-0.05, 0) is 19.1 Å². The molecule has 29 heavy (non-hydrogen) atoms. The number of benzene rings is 1. The maximum absolute atomic E-state index is 12.9. The number of hydrogen-bond acceptors (Lipinski definition) is 6. The van der Waals surface area contributed by atoms with Crippen molar-refractivity contribution >= 4 is 23.5 Å². The van der Waals surface area contributed by atoms with E-state index in [9.17, 15) is 4.79 Å². The monoisotopic (exact) mass is 412 g/mol. The van der Waals surface area contributed by atoms with Crippen molar-refractivity contribution in [3.05, 3.63) is 59.5 Å². The van der Waals surface area contributed by atoms with Gasteiger partial charge in [-0.2, -0.15) is 10.1 Å². The lowest BCUT2D eigenvalue weighted by molar-refractivity contribution is 0.0746. The molecular weight excluding hydrogens is 392 g/mol. The maximum atomic E-state index is 12.9. The molecule has 8 nitrogen and oxygen atoms in total. The van der Waals surface area contributed by atoms with Crippen LogP contribution < -0.4 is 9.64 Å². The zero-order valence-corrected chi connectivity index (χ0v) is 16.8. The van der Waals surface area contributed by atoms with Crippen LogP contribution in [0, 0.1) is 0 Å². The highest BCUT2D eigenvalue weighted by molar-refractivity contribution is 6.32. The Labute approximate surface area is 173 Å². The number of ether oxygens (including phenoxy) is 1. The second-order valence-electron chi connectivity index (χ2n) is 6.53. The molecule has 1 aliphatic heterocycles. The molecule has 2 aromatic heterocycles. The Morgan fingerprint density at radius 2 is 1.97 bits per heavy atom. The van der Waals surface area contributed by atoms with Gasteiger partial charge in [0.1, 0.15) is 0 Å². The lowest BCUT2D eigenvalue weighted by Gasteiger charge is -2.34. The van der Waals surface area contributed by atoms with Crippen LogP contribution in [0.25, 0.3) is 5.69 Å². The number of rotatable bonds is 5. The molecule has 0 bridgehead atoms. The fourth-order valence-corrected chi connectivity index (χ4v) is 3.43. The van der Waals surface area contributed by atoms with Crippen LogP contribution in [0.2, 0.25) is 5.02 Å². The first-order valence-corrected chi connectivity index (χ1v) is 9.83. The van der Waals surface area contributed by atoms with E-state index in [-0.39, 0.29) is 5.91 Å². The molecule has 3 aromatic rings. The summed E-state index contributed by atoms with van der Waals surface area (Å²) >= 11 is 6.22. The molecule has 1 fully saturated rings. The van der Waals surface area contributed by atoms with Gasteiger partial charge < -0.3 is 14.5 Å². The topological polar surface area (TPSA) is 76.4 Å². The number of carbonyl (C=O) groups is 1. The third-order valence-corrected chi connectivity index (χ3v) is 5.01. The normalized spacial score (nSPS) is 14.1. The molecule has 0 spiro atoms. The van der Waals surface area contributed by atoms with Gasteiger partial charge in [-0.25, -0.2) is 9.67 Å². The van der Waals surface area contributed by atoms with Crippen molar-refractivity contribution in [1.82, 2.24) is 24.6 Å². The van der Waals surface area contributed by atoms with E-state index in [1.54, 1.807) is 35.4 Å². The van der Waals surface area contributed by atoms with Crippen LogP contribution in [0.4, 0.5) is 5.95 Å². The highest BCUT2D eigenvalue weighted by Gasteiger charge is 2.24. The second-order valence-corrected chi connectivity index (χ2v) is 6.94. The first-order chi connectivity index (χ1) is 14.2. The Morgan fingerprint density at radius 1 is 1.17 bits per heavy atom. The number of piperazine rings is 1. The molecule has 0 saturated carbocycles. The molecule has 1 aliphatic rings. The molecule has 150 valence electrons. The standard InChI is InChI=1S/C20H21ClN6O2/c1-2-29-18-7-8-22-20(24-18)26-11-9-25(10-12-26)19(28)15-13-23-27(14-15)17-6-4-3-5-16(17)21/h3-8,13-14H,2,9-12H2,1H3. The van der Waals surface area contributed by atoms with Gasteiger partial charge in [-0.15, -0.1) is 0 Å². The van der Waals surface area contributed by atoms with Crippen LogP contribution in [-0.2, 0) is 0 Å². The predicted octanol–water partition coefficient (Wildman–Crippen LogP) is 2.68. The third kappa shape index (κ3) is 4.17. The summed E-state index contributed by atoms with van der Waals surface area (Å²) in [5.74, 6) is 1.13. The number of hydrogen-bond donors (Lipinski definition) is 0. The Morgan fingerprint density at radius 3 is 2.72 bits per heavy atom. The van der Waals surface area contributed by atoms with E-state index in [0.29, 0.717) is 55.2 Å². The van der Waals surface area contributed by atoms with E-state index in [1.165, 1.54) is 0 Å². The Bertz CT molecular complexity index is 1000. The van der Waals surface area contributed by atoms with E-state index in [1.807, 2.05) is 30.0 Å². The fourth-order valence-electron chi connectivity index (χ4n) is 3.21. The molecule has 1 amide bonds. The summed E-state index contributed by atoms with van der Waals surface area (Å²) in [6.07, 6.45) is 4.98. The van der Waals surface area contributed by atoms with Crippen molar-refractivity contribution in [2.45, 2.75) is 6.92 Å². The average Bonchev–Trinajstić information content (AvgIpc) is 3.24. The minimum Gasteiger partial charge on any atom is -0.478 e. The number of amides is 1. The van der Waals surface area contributed by atoms with Gasteiger partial charge in [0.05, 0.1) is 29.1 Å². The Hall–Kier alpha value is -3.13. The van der Waals surface area contributed by atoms with Crippen LogP contribution in [0.15, 0.2) is 48.9 Å². The number of anilines is 1. The van der Waals surface area contributed by atoms with Gasteiger partial charge in [-0.3, -0.25) is 4.79 Å². The smallest absolute Gasteiger partial charge is 0.257 e. The van der Waals surface area contributed by atoms with Gasteiger partial charge in [0.25, 0.3) is 5.91 Å². The minimum absolute atomic E-state index is 0.0491. The molecule has 0 radical (unpaired) electrons. The van der Waals surface area contributed by atoms with Crippen molar-refractivity contribution in [3.8, 4) is 11.6 Å². The Balaban J connectivity index is 1.41. The maximum Gasteiger partial charge on any atom is 0.257 e. The van der Waals surface area contributed by atoms with Crippen molar-refractivity contribution in [2.24, 2.45) is 0 Å². The second kappa shape index (κ2) is 8.48. The van der Waals surface area contributed by atoms with Gasteiger partial charge in [-0.1, -0.05) is 23.7 Å². The van der Waals surface area contributed by atoms with Crippen molar-refractivity contribution in [1.29, 1.82) is 0 Å². The molecule has 0 N–H and O–H groups in total. The highest BCUT2D eigenvalue weighted by Crippen LogP contribution is 2.20. The minimum atomic E-state index is -0.0491. The van der Waals surface area contributed by atoms with E-state index in [4.69, 9.17) is 16.3 Å². The van der Waals surface area contributed by atoms with Crippen molar-refractivity contribution in [3.63, 3.8) is 0 Å². The number of halogens is 1. The van der Waals surface area contributed by atoms with E-state index < -0.39 is 0 Å². The molecule has 0 unspecified atom stereocenters. The molecule has 1 saturated heterocycles. The Kier molecular flexibility index (Phi) is 5.62. The zero-order chi connectivity index (χ0) is 20.2. The summed E-state index contributed by atoms with van der Waals surface area (Å²) < 4.78 is 7.06. The summed E-state index contributed by atoms with van der Waals surface area (Å²) in [6, 6.07) is 9.13. The lowest BCUT2D eigenvalue weighted by Crippen LogP contribution is -2.49. The SMILES string of the molecule is CCOc1ccnc(N2CCN(C(=O)c3cnn(-c4ccccc4Cl)c3)CC2)n1. The summed E-state index contributed by atoms with van der Waals surface area (Å²) in [5, 5.41) is 4.87. The van der Waals surface area contributed by atoms with E-state index >= 15 is 0 Å². The predicted molar refractivity (Wildman–Crippen MR) is 110 cm³/mol. The lowest BCUT2D eigenvalue weighted by atomic mass is 10.2. The highest BCUT2D eigenvalue weighted by atomic mass is 35.5. The molecular formula is C20H21ClN6O2. The third-order valence-electron chi connectivity index (χ3n) is 4.69. The molecule has 9 heteroatoms. The van der Waals surface area contributed by atoms with Crippen LogP contribution >= 0.6 is 11.6 Å². The number of carbonyl (C=O) groups excluding carboxylic acids is 1. The molecule has 0 aliphatic carbocycles. The summed E-state index contributed by atoms with van der Waals surface area (Å²) in [5.41, 5.74) is 1.28. The van der Waals surface area contributed by atoms with Gasteiger partial charge in [0.2, 0.25) is 11.8 Å². The van der Waals surface area contributed by atoms with Crippen LogP contribution in [0.3, 0.4) is 0 Å². The number of aromatic nitrogens is 4. The number of para-hydroxylation sites is 1. The van der Waals surface area contributed by atoms with Gasteiger partial charge in [0, 0.05) is 44.6 Å². The van der Waals surface area contributed by atoms with Gasteiger partial charge in [0.15, 0.2) is 0 Å². The largest absolute Gasteiger partial charge is 0.478 e. The first-order valence-electron chi connectivity index (χ1n) is 9.45. The van der Waals surface area contributed by atoms with Crippen LogP contribution in [0.5, 0.6) is 5.88 Å². The average molecular weight is 413 g/mol. The fraction of sp³-hybridized carbons (Fsp3) is 0.300. The van der Waals surface area contributed by atoms with Crippen LogP contribution in [-0.4, -0.2) is 63.3 Å². The molecule has 1 aromatic carbocycles. The zero-order valence-electron chi connectivity index (χ0n) is 16.0. The first kappa shape index (κ1) is 19.2. The molecule has 0 atom stereocenters. The van der Waals surface area contributed by atoms with Crippen LogP contribution in [0.1, 0.15) is 17.3 Å². The summed E-state index contributed by atoms with van der Waals surface area (Å²) in [7, 11) is 0. The number of nitrogens with zero attached hydrogens (tertiary/aromatic N) is 6. The van der Waals surface area contributed by atoms with E-state index in [0.717, 1.165) is 5.69 Å². The van der Waals surface area contributed by atoms with Crippen molar-refractivity contribution < 1.29 is 9.53 Å². The summed E-state index contributed by atoms with van der Waals surface area (Å²) in [4.78, 5) is 25.5. The summed E-state index contributed by atoms with van der Waals surface area (Å²) in [6.45, 7) is 4.94. The van der Waals surface area contributed by atoms with E-state index in [2.05, 4.69) is 20.0 Å². The molecule has 4 rings (SSSR count).